The fourth-order valence-electron chi connectivity index (χ4n) is 47.5. The van der Waals surface area contributed by atoms with E-state index in [2.05, 4.69) is 138 Å². The summed E-state index contributed by atoms with van der Waals surface area (Å²) < 4.78 is 0. The Bertz CT molecular complexity index is 3980. The predicted octanol–water partition coefficient (Wildman–Crippen LogP) is 24.9. The van der Waals surface area contributed by atoms with Crippen molar-refractivity contribution in [3.63, 3.8) is 0 Å². The van der Waals surface area contributed by atoms with Gasteiger partial charge in [0.15, 0.2) is 0 Å². The maximum Gasteiger partial charge on any atom is 0.303 e. The van der Waals surface area contributed by atoms with Gasteiger partial charge in [0, 0.05) is 32.7 Å². The summed E-state index contributed by atoms with van der Waals surface area (Å²) in [6.07, 6.45) is 50.1. The summed E-state index contributed by atoms with van der Waals surface area (Å²) in [5.41, 5.74) is 2.83. The summed E-state index contributed by atoms with van der Waals surface area (Å²) in [6.45, 7) is 48.8. The van der Waals surface area contributed by atoms with Crippen molar-refractivity contribution in [3.05, 3.63) is 0 Å². The van der Waals surface area contributed by atoms with E-state index in [0.717, 1.165) is 210 Å². The van der Waals surface area contributed by atoms with Crippen LogP contribution in [0.1, 0.15) is 453 Å². The van der Waals surface area contributed by atoms with Crippen molar-refractivity contribution in [2.75, 3.05) is 19.8 Å². The third kappa shape index (κ3) is 20.3. The first-order valence-electron chi connectivity index (χ1n) is 63.2. The van der Waals surface area contributed by atoms with Crippen LogP contribution < -0.4 is 0 Å². The topological polar surface area (TPSA) is 338 Å². The van der Waals surface area contributed by atoms with Crippen LogP contribution in [0.3, 0.4) is 0 Å². The standard InChI is InChI=1S/C26H44O4.3C26H46O3.C25H42O4/c1-5-17-21-14-16(27)10-12-26(21,4)20-11-13-25(3)18(15(2)6-9-22(28)29)7-8-19(25)23(20)24(17)30;3*1-5-18-22-15-17(28)10-12-26(22,4)21-11-13-25(3)19(16(2)7-6-14-27)8-9-20(25)23(21)24(18)29;1-5-16-20-13-15(26)8-10-25(20,4)19-9-11-24(3)17(14(2)12-21(27)28)6-7-18(24)22(19)23(16)29/h15-21,23-24,27,30H,5-14H2,1-4H3,(H,28,29);3*16-24,27-29H,5-15H2,1-4H3;14-20,22-23,26,29H,5-13H2,1-4H3,(H,27,28)/t15-,16+,17-,18-,19?,20?,21+,23?,24+,25-,26-;16-,17+,18+,19-,20?,21?,22+,23?,24+,25-,26-;16-,17+,18+,19-,20?,21?,22+,23?,24-,25-,26-;16-,17+,18-,19-,20?,21?,22+,23?,24-,25-,26-;14-,15+,16-,17-,18?,19?,20+,22?,23-,24-,25-/m11111/s1. The lowest BCUT2D eigenvalue weighted by atomic mass is 9.41. The van der Waals surface area contributed by atoms with E-state index in [9.17, 15) is 81.1 Å². The minimum atomic E-state index is -0.683. The van der Waals surface area contributed by atoms with Crippen LogP contribution in [0.4, 0.5) is 0 Å². The Morgan fingerprint density at radius 1 is 0.233 bits per heavy atom. The van der Waals surface area contributed by atoms with E-state index in [4.69, 9.17) is 5.11 Å². The number of aliphatic carboxylic acids is 2. The summed E-state index contributed by atoms with van der Waals surface area (Å²) >= 11 is 0. The van der Waals surface area contributed by atoms with Gasteiger partial charge >= 0.3 is 11.9 Å². The number of hydrogen-bond acceptors (Lipinski definition) is 15. The molecule has 15 unspecified atom stereocenters. The quantitative estimate of drug-likeness (QED) is 0.0427. The molecule has 17 nitrogen and oxygen atoms in total. The molecule has 0 heterocycles. The van der Waals surface area contributed by atoms with Gasteiger partial charge in [-0.05, 0) is 531 Å². The third-order valence-electron chi connectivity index (χ3n) is 54.5. The number of aliphatic hydroxyl groups is 13. The first-order valence-corrected chi connectivity index (χ1v) is 63.2. The van der Waals surface area contributed by atoms with Crippen LogP contribution in [-0.4, -0.2) is 169 Å². The molecule has 20 fully saturated rings. The molecular weight excluding hydrogens is 1820 g/mol. The molecule has 20 aliphatic rings. The van der Waals surface area contributed by atoms with E-state index in [1.165, 1.54) is 109 Å². The molecule has 0 spiro atoms. The lowest BCUT2D eigenvalue weighted by molar-refractivity contribution is -0.203. The second kappa shape index (κ2) is 46.0. The predicted molar refractivity (Wildman–Crippen MR) is 583 cm³/mol. The fourth-order valence-corrected chi connectivity index (χ4v) is 47.5. The first-order chi connectivity index (χ1) is 69.1. The van der Waals surface area contributed by atoms with Gasteiger partial charge in [-0.15, -0.1) is 0 Å². The van der Waals surface area contributed by atoms with Crippen molar-refractivity contribution in [1.82, 2.24) is 0 Å². The molecule has 0 aliphatic heterocycles. The molecule has 0 amide bonds. The highest BCUT2D eigenvalue weighted by atomic mass is 16.4. The van der Waals surface area contributed by atoms with Crippen molar-refractivity contribution in [2.45, 2.75) is 514 Å². The largest absolute Gasteiger partial charge is 0.481 e. The molecule has 15 N–H and O–H groups in total. The fraction of sp³-hybridized carbons (Fsp3) is 0.984. The second-order valence-electron chi connectivity index (χ2n) is 59.6. The van der Waals surface area contributed by atoms with Gasteiger partial charge in [0.25, 0.3) is 0 Å². The average Bonchev–Trinajstić information content (AvgIpc) is 1.40. The Labute approximate surface area is 888 Å². The number of carbonyl (C=O) groups is 2. The van der Waals surface area contributed by atoms with Crippen molar-refractivity contribution in [3.8, 4) is 0 Å². The van der Waals surface area contributed by atoms with Gasteiger partial charge in [-0.25, -0.2) is 0 Å². The molecule has 842 valence electrons. The number of aliphatic hydroxyl groups excluding tert-OH is 13. The zero-order valence-corrected chi connectivity index (χ0v) is 96.3. The highest BCUT2D eigenvalue weighted by Gasteiger charge is 2.73. The molecule has 55 atom stereocenters. The Balaban J connectivity index is 0.000000131. The molecule has 20 saturated carbocycles. The molecule has 0 aromatic rings. The maximum atomic E-state index is 11.7. The van der Waals surface area contributed by atoms with Gasteiger partial charge in [0.2, 0.25) is 0 Å². The van der Waals surface area contributed by atoms with Crippen molar-refractivity contribution in [1.29, 1.82) is 0 Å². The van der Waals surface area contributed by atoms with E-state index in [-0.39, 0.29) is 107 Å². The van der Waals surface area contributed by atoms with E-state index in [0.29, 0.717) is 230 Å². The van der Waals surface area contributed by atoms with Gasteiger partial charge in [0.1, 0.15) is 0 Å². The second-order valence-corrected chi connectivity index (χ2v) is 59.6. The SMILES string of the molecule is CC[C@@H]1[C@@H](O)C2C3CC[C@H]([C@H](C)CCCO)[C@@]3(C)CCC2[C@@]2(C)CC[C@H](O)C[C@@H]12.CC[C@@H]1[C@H](O)C2C3CC[C@H]([C@H](C)CCCO)[C@@]3(C)CCC2[C@@]2(C)CC[C@H](O)C[C@@H]12.CC[C@H]1[C@@H](O)C2C3CC[C@H]([C@H](C)CC(=O)O)[C@@]3(C)CCC2[C@@]2(C)CC[C@H](O)C[C@@H]12.CC[C@H]1[C@@H](O)C2C3CC[C@H]([C@H](C)CCCO)[C@@]3(C)CCC2[C@@]2(C)CC[C@H](O)C[C@@H]12.CC[C@H]1[C@H](O)C2C3CC[C@H]([C@H](C)CCC(=O)O)[C@@]3(C)CCC2[C@@]2(C)CC[C@H](O)C[C@@H]12. The molecule has 0 aromatic heterocycles. The molecule has 0 saturated heterocycles. The molecule has 0 bridgehead atoms. The van der Waals surface area contributed by atoms with Crippen LogP contribution in [-0.2, 0) is 9.59 Å². The van der Waals surface area contributed by atoms with Gasteiger partial charge in [-0.1, -0.05) is 171 Å². The van der Waals surface area contributed by atoms with Crippen molar-refractivity contribution in [2.24, 2.45) is 261 Å². The molecule has 0 radical (unpaired) electrons. The Kier molecular flexibility index (Phi) is 36.8. The lowest BCUT2D eigenvalue weighted by Crippen LogP contribution is -2.62. The van der Waals surface area contributed by atoms with Gasteiger partial charge in [-0.2, -0.15) is 0 Å². The van der Waals surface area contributed by atoms with Crippen LogP contribution in [0.5, 0.6) is 0 Å². The molecule has 17 heteroatoms. The van der Waals surface area contributed by atoms with Crippen LogP contribution in [0.25, 0.3) is 0 Å². The maximum absolute atomic E-state index is 11.7. The summed E-state index contributed by atoms with van der Waals surface area (Å²) in [5, 5.41) is 157. The van der Waals surface area contributed by atoms with Crippen molar-refractivity contribution < 1.29 is 86.2 Å². The monoisotopic (exact) mass is 2050 g/mol. The van der Waals surface area contributed by atoms with Gasteiger partial charge in [0.05, 0.1) is 61.0 Å². The summed E-state index contributed by atoms with van der Waals surface area (Å²) in [5.74, 6) is 16.6. The zero-order valence-electron chi connectivity index (χ0n) is 96.3. The van der Waals surface area contributed by atoms with E-state index < -0.39 is 11.9 Å². The molecular formula is C129H224O17. The molecule has 20 rings (SSSR count). The van der Waals surface area contributed by atoms with E-state index in [1.54, 1.807) is 0 Å². The van der Waals surface area contributed by atoms with Crippen LogP contribution in [0, 0.1) is 261 Å². The van der Waals surface area contributed by atoms with Gasteiger partial charge < -0.3 is 76.6 Å². The minimum absolute atomic E-state index is 0.159. The Morgan fingerprint density at radius 2 is 0.411 bits per heavy atom. The summed E-state index contributed by atoms with van der Waals surface area (Å²) in [6, 6.07) is 0. The highest BCUT2D eigenvalue weighted by Crippen LogP contribution is 2.78. The highest BCUT2D eigenvalue weighted by molar-refractivity contribution is 5.67. The van der Waals surface area contributed by atoms with E-state index >= 15 is 0 Å². The number of rotatable bonds is 24. The van der Waals surface area contributed by atoms with Crippen LogP contribution in [0.15, 0.2) is 0 Å². The smallest absolute Gasteiger partial charge is 0.303 e. The Morgan fingerprint density at radius 3 is 0.589 bits per heavy atom. The molecule has 146 heavy (non-hydrogen) atoms. The zero-order chi connectivity index (χ0) is 106. The normalized spacial score (nSPS) is 52.7. The third-order valence-corrected chi connectivity index (χ3v) is 54.5. The van der Waals surface area contributed by atoms with Gasteiger partial charge in [-0.3, -0.25) is 9.59 Å². The van der Waals surface area contributed by atoms with Crippen molar-refractivity contribution >= 4 is 11.9 Å². The number of hydrogen-bond donors (Lipinski definition) is 15. The van der Waals surface area contributed by atoms with Crippen LogP contribution >= 0.6 is 0 Å². The molecule has 20 aliphatic carbocycles. The average molecular weight is 2050 g/mol. The number of fused-ring (bicyclic) bond motifs is 25. The number of carboxylic acid groups (broad SMARTS) is 2. The summed E-state index contributed by atoms with van der Waals surface area (Å²) in [4.78, 5) is 22.5. The van der Waals surface area contributed by atoms with E-state index in [1.807, 2.05) is 0 Å². The minimum Gasteiger partial charge on any atom is -0.481 e. The number of carboxylic acids is 2. The lowest BCUT2D eigenvalue weighted by Gasteiger charge is -2.64. The summed E-state index contributed by atoms with van der Waals surface area (Å²) in [7, 11) is 0. The van der Waals surface area contributed by atoms with Crippen LogP contribution in [0.2, 0.25) is 0 Å². The Hall–Kier alpha value is -1.58. The molecule has 0 aromatic carbocycles. The first kappa shape index (κ1) is 117.